The lowest BCUT2D eigenvalue weighted by atomic mass is 10.1. The number of benzene rings is 2. The number of carbonyl (C=O) groups excluding carboxylic acids is 1. The highest BCUT2D eigenvalue weighted by Crippen LogP contribution is 2.22. The Kier molecular flexibility index (Phi) is 7.46. The summed E-state index contributed by atoms with van der Waals surface area (Å²) in [6.07, 6.45) is 4.71. The van der Waals surface area contributed by atoms with Gasteiger partial charge in [0.2, 0.25) is 15.9 Å². The van der Waals surface area contributed by atoms with Crippen LogP contribution in [0.25, 0.3) is 11.3 Å². The molecular weight excluding hydrogens is 450 g/mol. The van der Waals surface area contributed by atoms with E-state index in [4.69, 9.17) is 5.10 Å². The molecule has 0 spiro atoms. The molecule has 4 rings (SSSR count). The number of rotatable bonds is 10. The van der Waals surface area contributed by atoms with Gasteiger partial charge >= 0.3 is 0 Å². The Bertz CT molecular complexity index is 1330. The molecule has 1 amide bonds. The number of sulfonamides is 1. The highest BCUT2D eigenvalue weighted by Gasteiger charge is 2.15. The molecule has 0 aliphatic carbocycles. The second kappa shape index (κ2) is 10.9. The van der Waals surface area contributed by atoms with Gasteiger partial charge in [0.1, 0.15) is 4.90 Å². The summed E-state index contributed by atoms with van der Waals surface area (Å²) in [5.41, 5.74) is 3.77. The third kappa shape index (κ3) is 6.15. The predicted octanol–water partition coefficient (Wildman–Crippen LogP) is 2.98. The van der Waals surface area contributed by atoms with Crippen LogP contribution in [0.15, 0.2) is 96.3 Å². The molecule has 0 aliphatic rings. The standard InChI is InChI=1S/C25H25N5O3S/c31-24(13-15-28-34(32,33)23-12-7-14-26-17-23)27-16-22-19-30(18-20-8-3-1-4-9-20)29-25(22)21-10-5-2-6-11-21/h1-12,14,17,19,28H,13,15-16,18H2,(H,27,31). The SMILES string of the molecule is O=C(CCNS(=O)(=O)c1cccnc1)NCc1cn(Cc2ccccc2)nc1-c1ccccc1. The van der Waals surface area contributed by atoms with Crippen LogP contribution >= 0.6 is 0 Å². The van der Waals surface area contributed by atoms with Gasteiger partial charge in [-0.25, -0.2) is 13.1 Å². The van der Waals surface area contributed by atoms with Crippen molar-refractivity contribution in [3.63, 3.8) is 0 Å². The van der Waals surface area contributed by atoms with Gasteiger partial charge in [0.25, 0.3) is 0 Å². The maximum atomic E-state index is 12.4. The van der Waals surface area contributed by atoms with Crippen molar-refractivity contribution in [2.24, 2.45) is 0 Å². The third-order valence-corrected chi connectivity index (χ3v) is 6.58. The number of nitrogens with one attached hydrogen (secondary N) is 2. The molecule has 2 aromatic heterocycles. The summed E-state index contributed by atoms with van der Waals surface area (Å²) in [7, 11) is -3.70. The van der Waals surface area contributed by atoms with Crippen molar-refractivity contribution in [2.75, 3.05) is 6.54 Å². The quantitative estimate of drug-likeness (QED) is 0.367. The van der Waals surface area contributed by atoms with E-state index in [2.05, 4.69) is 15.0 Å². The molecule has 0 saturated carbocycles. The highest BCUT2D eigenvalue weighted by molar-refractivity contribution is 7.89. The summed E-state index contributed by atoms with van der Waals surface area (Å²) in [4.78, 5) is 16.3. The number of nitrogens with zero attached hydrogens (tertiary/aromatic N) is 3. The Morgan fingerprint density at radius 2 is 1.68 bits per heavy atom. The molecule has 9 heteroatoms. The van der Waals surface area contributed by atoms with Gasteiger partial charge in [-0.2, -0.15) is 5.10 Å². The molecule has 34 heavy (non-hydrogen) atoms. The van der Waals surface area contributed by atoms with Gasteiger partial charge in [-0.05, 0) is 17.7 Å². The fourth-order valence-corrected chi connectivity index (χ4v) is 4.45. The molecule has 0 saturated heterocycles. The number of hydrogen-bond acceptors (Lipinski definition) is 5. The number of hydrogen-bond donors (Lipinski definition) is 2. The average Bonchev–Trinajstić information content (AvgIpc) is 3.27. The maximum absolute atomic E-state index is 12.4. The molecule has 0 fully saturated rings. The first-order valence-electron chi connectivity index (χ1n) is 10.8. The van der Waals surface area contributed by atoms with Crippen molar-refractivity contribution in [3.05, 3.63) is 103 Å². The first kappa shape index (κ1) is 23.3. The fourth-order valence-electron chi connectivity index (χ4n) is 3.45. The van der Waals surface area contributed by atoms with Gasteiger partial charge < -0.3 is 5.32 Å². The zero-order valence-corrected chi connectivity index (χ0v) is 19.3. The van der Waals surface area contributed by atoms with Crippen LogP contribution in [0.5, 0.6) is 0 Å². The summed E-state index contributed by atoms with van der Waals surface area (Å²) < 4.78 is 28.8. The van der Waals surface area contributed by atoms with Crippen LogP contribution in [0.4, 0.5) is 0 Å². The van der Waals surface area contributed by atoms with E-state index in [1.54, 1.807) is 6.07 Å². The number of amides is 1. The Morgan fingerprint density at radius 1 is 0.941 bits per heavy atom. The first-order valence-corrected chi connectivity index (χ1v) is 12.3. The summed E-state index contributed by atoms with van der Waals surface area (Å²) in [5.74, 6) is -0.260. The molecule has 0 aliphatic heterocycles. The number of carbonyl (C=O) groups is 1. The molecule has 4 aromatic rings. The van der Waals surface area contributed by atoms with Crippen molar-refractivity contribution in [1.29, 1.82) is 0 Å². The van der Waals surface area contributed by atoms with Gasteiger partial charge in [0.05, 0.1) is 12.2 Å². The van der Waals surface area contributed by atoms with E-state index < -0.39 is 10.0 Å². The van der Waals surface area contributed by atoms with E-state index in [0.29, 0.717) is 6.54 Å². The summed E-state index contributed by atoms with van der Waals surface area (Å²) in [5, 5.41) is 7.62. The van der Waals surface area contributed by atoms with E-state index >= 15 is 0 Å². The monoisotopic (exact) mass is 475 g/mol. The third-order valence-electron chi connectivity index (χ3n) is 5.14. The lowest BCUT2D eigenvalue weighted by Crippen LogP contribution is -2.30. The molecule has 2 heterocycles. The molecule has 8 nitrogen and oxygen atoms in total. The van der Waals surface area contributed by atoms with Gasteiger partial charge in [-0.1, -0.05) is 60.7 Å². The molecule has 2 aromatic carbocycles. The molecule has 0 bridgehead atoms. The Balaban J connectivity index is 1.39. The smallest absolute Gasteiger partial charge is 0.242 e. The lowest BCUT2D eigenvalue weighted by Gasteiger charge is -2.08. The first-order chi connectivity index (χ1) is 16.5. The van der Waals surface area contributed by atoms with Crippen LogP contribution < -0.4 is 10.0 Å². The van der Waals surface area contributed by atoms with E-state index in [1.807, 2.05) is 71.5 Å². The van der Waals surface area contributed by atoms with Gasteiger partial charge in [0.15, 0.2) is 0 Å². The highest BCUT2D eigenvalue weighted by atomic mass is 32.2. The maximum Gasteiger partial charge on any atom is 0.242 e. The van der Waals surface area contributed by atoms with E-state index in [9.17, 15) is 13.2 Å². The van der Waals surface area contributed by atoms with Crippen molar-refractivity contribution in [3.8, 4) is 11.3 Å². The predicted molar refractivity (Wildman–Crippen MR) is 129 cm³/mol. The average molecular weight is 476 g/mol. The number of pyridine rings is 1. The molecule has 2 N–H and O–H groups in total. The van der Waals surface area contributed by atoms with E-state index in [0.717, 1.165) is 22.4 Å². The summed E-state index contributed by atoms with van der Waals surface area (Å²) in [6, 6.07) is 22.8. The molecular formula is C25H25N5O3S. The molecule has 0 radical (unpaired) electrons. The van der Waals surface area contributed by atoms with E-state index in [1.165, 1.54) is 18.5 Å². The minimum atomic E-state index is -3.70. The van der Waals surface area contributed by atoms with Crippen molar-refractivity contribution >= 4 is 15.9 Å². The van der Waals surface area contributed by atoms with Gasteiger partial charge in [-0.15, -0.1) is 0 Å². The lowest BCUT2D eigenvalue weighted by molar-refractivity contribution is -0.121. The zero-order valence-electron chi connectivity index (χ0n) is 18.5. The van der Waals surface area contributed by atoms with Crippen LogP contribution in [0.2, 0.25) is 0 Å². The Labute approximate surface area is 198 Å². The van der Waals surface area contributed by atoms with E-state index in [-0.39, 0.29) is 30.3 Å². The van der Waals surface area contributed by atoms with Crippen LogP contribution in [-0.2, 0) is 27.9 Å². The molecule has 174 valence electrons. The molecule has 0 unspecified atom stereocenters. The number of aromatic nitrogens is 3. The second-order valence-electron chi connectivity index (χ2n) is 7.67. The van der Waals surface area contributed by atoms with Crippen molar-refractivity contribution < 1.29 is 13.2 Å². The van der Waals surface area contributed by atoms with Gasteiger partial charge in [-0.3, -0.25) is 14.5 Å². The largest absolute Gasteiger partial charge is 0.352 e. The van der Waals surface area contributed by atoms with Crippen LogP contribution in [0.3, 0.4) is 0 Å². The molecule has 0 atom stereocenters. The van der Waals surface area contributed by atoms with Gasteiger partial charge in [0, 0.05) is 49.2 Å². The fraction of sp³-hybridized carbons (Fsp3) is 0.160. The van der Waals surface area contributed by atoms with Crippen LogP contribution in [-0.4, -0.2) is 35.6 Å². The van der Waals surface area contributed by atoms with Crippen molar-refractivity contribution in [2.45, 2.75) is 24.4 Å². The second-order valence-corrected chi connectivity index (χ2v) is 9.43. The van der Waals surface area contributed by atoms with Crippen molar-refractivity contribution in [1.82, 2.24) is 24.8 Å². The topological polar surface area (TPSA) is 106 Å². The zero-order chi connectivity index (χ0) is 23.8. The summed E-state index contributed by atoms with van der Waals surface area (Å²) >= 11 is 0. The normalized spacial score (nSPS) is 11.3. The minimum absolute atomic E-state index is 0.0120. The summed E-state index contributed by atoms with van der Waals surface area (Å²) in [6.45, 7) is 0.889. The van der Waals surface area contributed by atoms with Crippen LogP contribution in [0.1, 0.15) is 17.5 Å². The van der Waals surface area contributed by atoms with Crippen LogP contribution in [0, 0.1) is 0 Å². The Morgan fingerprint density at radius 3 is 2.38 bits per heavy atom. The Hall–Kier alpha value is -3.82. The minimum Gasteiger partial charge on any atom is -0.352 e.